The SMILES string of the molecule is Cc1ccccc1-n1c(-c2cccc(-n3c4ccccc4c4cc(-c5cccc6c5oc5ccccc56)ccc43)c2)nc2ccccc21. The highest BCUT2D eigenvalue weighted by atomic mass is 16.3. The van der Waals surface area contributed by atoms with E-state index in [0.29, 0.717) is 0 Å². The van der Waals surface area contributed by atoms with Gasteiger partial charge in [-0.1, -0.05) is 103 Å². The number of benzene rings is 7. The third kappa shape index (κ3) is 3.93. The van der Waals surface area contributed by atoms with E-state index in [1.54, 1.807) is 0 Å². The van der Waals surface area contributed by atoms with E-state index in [1.807, 2.05) is 12.1 Å². The standard InChI is InChI=1S/C44H29N3O/c1-28-12-2-6-20-38(28)47-41-22-8-5-19-37(41)45-44(47)30-13-10-14-31(26-30)46-39-21-7-3-15-33(39)36-27-29(24-25-40(36)46)32-17-11-18-35-34-16-4-9-23-42(34)48-43(32)35/h2-27H,1H3. The molecule has 10 aromatic rings. The third-order valence-electron chi connectivity index (χ3n) is 9.67. The lowest BCUT2D eigenvalue weighted by atomic mass is 10.0. The van der Waals surface area contributed by atoms with Crippen LogP contribution in [-0.2, 0) is 0 Å². The molecule has 4 heteroatoms. The molecule has 3 aromatic heterocycles. The van der Waals surface area contributed by atoms with Gasteiger partial charge in [0.05, 0.1) is 27.8 Å². The zero-order valence-electron chi connectivity index (χ0n) is 26.3. The molecular weight excluding hydrogens is 587 g/mol. The molecule has 0 atom stereocenters. The Kier molecular flexibility index (Phi) is 5.75. The molecule has 0 aliphatic rings. The van der Waals surface area contributed by atoms with Gasteiger partial charge in [-0.25, -0.2) is 4.98 Å². The van der Waals surface area contributed by atoms with Crippen molar-refractivity contribution in [3.8, 4) is 33.9 Å². The molecule has 3 heterocycles. The van der Waals surface area contributed by atoms with Gasteiger partial charge in [-0.3, -0.25) is 4.57 Å². The van der Waals surface area contributed by atoms with Crippen molar-refractivity contribution < 1.29 is 4.42 Å². The molecule has 0 bridgehead atoms. The Hall–Kier alpha value is -6.39. The number of imidazole rings is 1. The van der Waals surface area contributed by atoms with E-state index < -0.39 is 0 Å². The maximum Gasteiger partial charge on any atom is 0.145 e. The number of hydrogen-bond acceptors (Lipinski definition) is 2. The normalized spacial score (nSPS) is 11.9. The summed E-state index contributed by atoms with van der Waals surface area (Å²) in [7, 11) is 0. The lowest BCUT2D eigenvalue weighted by molar-refractivity contribution is 0.670. The van der Waals surface area contributed by atoms with E-state index in [0.717, 1.165) is 77.9 Å². The third-order valence-corrected chi connectivity index (χ3v) is 9.67. The summed E-state index contributed by atoms with van der Waals surface area (Å²) in [6.45, 7) is 2.16. The Morgan fingerprint density at radius 2 is 1.23 bits per heavy atom. The monoisotopic (exact) mass is 615 g/mol. The molecule has 0 fully saturated rings. The smallest absolute Gasteiger partial charge is 0.145 e. The highest BCUT2D eigenvalue weighted by molar-refractivity contribution is 6.13. The number of aryl methyl sites for hydroxylation is 1. The summed E-state index contributed by atoms with van der Waals surface area (Å²) in [5.74, 6) is 0.925. The van der Waals surface area contributed by atoms with Crippen LogP contribution in [0.5, 0.6) is 0 Å². The van der Waals surface area contributed by atoms with Crippen LogP contribution in [0.1, 0.15) is 5.56 Å². The van der Waals surface area contributed by atoms with E-state index in [1.165, 1.54) is 16.3 Å². The fourth-order valence-electron chi connectivity index (χ4n) is 7.46. The number of rotatable bonds is 4. The second-order valence-electron chi connectivity index (χ2n) is 12.5. The molecule has 0 aliphatic carbocycles. The number of para-hydroxylation sites is 6. The fourth-order valence-corrected chi connectivity index (χ4v) is 7.46. The first-order chi connectivity index (χ1) is 23.7. The van der Waals surface area contributed by atoms with Crippen LogP contribution in [0.25, 0.3) is 88.7 Å². The van der Waals surface area contributed by atoms with Gasteiger partial charge in [-0.2, -0.15) is 0 Å². The van der Waals surface area contributed by atoms with Crippen LogP contribution in [0, 0.1) is 6.92 Å². The number of fused-ring (bicyclic) bond motifs is 7. The minimum atomic E-state index is 0.911. The first-order valence-corrected chi connectivity index (χ1v) is 16.3. The molecule has 0 aliphatic heterocycles. The fraction of sp³-hybridized carbons (Fsp3) is 0.0227. The molecular formula is C44H29N3O. The lowest BCUT2D eigenvalue weighted by Gasteiger charge is -2.14. The summed E-state index contributed by atoms with van der Waals surface area (Å²) >= 11 is 0. The Bertz CT molecular complexity index is 2870. The van der Waals surface area contributed by atoms with Crippen molar-refractivity contribution in [2.45, 2.75) is 6.92 Å². The van der Waals surface area contributed by atoms with Crippen LogP contribution in [0.15, 0.2) is 162 Å². The van der Waals surface area contributed by atoms with Crippen LogP contribution in [-0.4, -0.2) is 14.1 Å². The summed E-state index contributed by atoms with van der Waals surface area (Å²) in [6.07, 6.45) is 0. The summed E-state index contributed by atoms with van der Waals surface area (Å²) < 4.78 is 11.1. The van der Waals surface area contributed by atoms with E-state index in [9.17, 15) is 0 Å². The van der Waals surface area contributed by atoms with Gasteiger partial charge in [0.2, 0.25) is 0 Å². The predicted molar refractivity (Wildman–Crippen MR) is 198 cm³/mol. The Morgan fingerprint density at radius 1 is 0.500 bits per heavy atom. The summed E-state index contributed by atoms with van der Waals surface area (Å²) in [4.78, 5) is 5.18. The number of aromatic nitrogens is 3. The second-order valence-corrected chi connectivity index (χ2v) is 12.5. The van der Waals surface area contributed by atoms with E-state index in [2.05, 4.69) is 162 Å². The van der Waals surface area contributed by atoms with Gasteiger partial charge in [0.15, 0.2) is 0 Å². The van der Waals surface area contributed by atoms with Crippen LogP contribution >= 0.6 is 0 Å². The topological polar surface area (TPSA) is 35.9 Å². The van der Waals surface area contributed by atoms with Gasteiger partial charge in [0.25, 0.3) is 0 Å². The van der Waals surface area contributed by atoms with Gasteiger partial charge in [-0.15, -0.1) is 0 Å². The molecule has 0 spiro atoms. The Labute approximate surface area is 276 Å². The number of hydrogen-bond donors (Lipinski definition) is 0. The van der Waals surface area contributed by atoms with Crippen molar-refractivity contribution >= 4 is 54.8 Å². The summed E-state index contributed by atoms with van der Waals surface area (Å²) in [5, 5.41) is 4.69. The Morgan fingerprint density at radius 3 is 2.15 bits per heavy atom. The highest BCUT2D eigenvalue weighted by Crippen LogP contribution is 2.40. The average molecular weight is 616 g/mol. The molecule has 0 saturated carbocycles. The van der Waals surface area contributed by atoms with Crippen molar-refractivity contribution in [2.75, 3.05) is 0 Å². The molecule has 0 saturated heterocycles. The molecule has 7 aromatic carbocycles. The van der Waals surface area contributed by atoms with Crippen LogP contribution in [0.2, 0.25) is 0 Å². The first kappa shape index (κ1) is 26.8. The van der Waals surface area contributed by atoms with Crippen LogP contribution in [0.3, 0.4) is 0 Å². The number of furan rings is 1. The van der Waals surface area contributed by atoms with Gasteiger partial charge < -0.3 is 8.98 Å². The highest BCUT2D eigenvalue weighted by Gasteiger charge is 2.19. The molecule has 0 unspecified atom stereocenters. The van der Waals surface area contributed by atoms with Gasteiger partial charge in [0, 0.05) is 38.4 Å². The minimum Gasteiger partial charge on any atom is -0.455 e. The maximum absolute atomic E-state index is 6.42. The first-order valence-electron chi connectivity index (χ1n) is 16.3. The van der Waals surface area contributed by atoms with Gasteiger partial charge >= 0.3 is 0 Å². The maximum atomic E-state index is 6.42. The molecule has 0 radical (unpaired) electrons. The van der Waals surface area contributed by atoms with E-state index in [4.69, 9.17) is 9.40 Å². The molecule has 226 valence electrons. The van der Waals surface area contributed by atoms with Crippen molar-refractivity contribution in [3.05, 3.63) is 163 Å². The van der Waals surface area contributed by atoms with Gasteiger partial charge in [0.1, 0.15) is 17.0 Å². The summed E-state index contributed by atoms with van der Waals surface area (Å²) in [5.41, 5.74) is 12.9. The zero-order valence-corrected chi connectivity index (χ0v) is 26.3. The minimum absolute atomic E-state index is 0.911. The van der Waals surface area contributed by atoms with Crippen molar-refractivity contribution in [3.63, 3.8) is 0 Å². The Balaban J connectivity index is 1.17. The molecule has 0 amide bonds. The quantitative estimate of drug-likeness (QED) is 0.197. The number of nitrogens with zero attached hydrogens (tertiary/aromatic N) is 3. The van der Waals surface area contributed by atoms with E-state index >= 15 is 0 Å². The summed E-state index contributed by atoms with van der Waals surface area (Å²) in [6, 6.07) is 55.8. The lowest BCUT2D eigenvalue weighted by Crippen LogP contribution is -2.01. The molecule has 10 rings (SSSR count). The van der Waals surface area contributed by atoms with Crippen molar-refractivity contribution in [1.82, 2.24) is 14.1 Å². The zero-order chi connectivity index (χ0) is 31.8. The van der Waals surface area contributed by atoms with Gasteiger partial charge in [-0.05, 0) is 72.6 Å². The van der Waals surface area contributed by atoms with Crippen molar-refractivity contribution in [2.24, 2.45) is 0 Å². The largest absolute Gasteiger partial charge is 0.455 e. The predicted octanol–water partition coefficient (Wildman–Crippen LogP) is 11.7. The van der Waals surface area contributed by atoms with Crippen LogP contribution < -0.4 is 0 Å². The second kappa shape index (κ2) is 10.3. The van der Waals surface area contributed by atoms with Crippen molar-refractivity contribution in [1.29, 1.82) is 0 Å². The molecule has 0 N–H and O–H groups in total. The molecule has 4 nitrogen and oxygen atoms in total. The van der Waals surface area contributed by atoms with Crippen LogP contribution in [0.4, 0.5) is 0 Å². The van der Waals surface area contributed by atoms with E-state index in [-0.39, 0.29) is 0 Å². The molecule has 48 heavy (non-hydrogen) atoms. The average Bonchev–Trinajstić information content (AvgIpc) is 3.81.